The van der Waals surface area contributed by atoms with Crippen molar-refractivity contribution in [3.8, 4) is 11.3 Å². The molecule has 0 fully saturated rings. The lowest BCUT2D eigenvalue weighted by atomic mass is 10.1. The Morgan fingerprint density at radius 3 is 2.53 bits per heavy atom. The van der Waals surface area contributed by atoms with E-state index in [2.05, 4.69) is 15.0 Å². The van der Waals surface area contributed by atoms with Crippen molar-refractivity contribution in [2.45, 2.75) is 26.7 Å². The summed E-state index contributed by atoms with van der Waals surface area (Å²) in [5.41, 5.74) is 8.57. The van der Waals surface area contributed by atoms with Gasteiger partial charge in [0.2, 0.25) is 0 Å². The van der Waals surface area contributed by atoms with Crippen LogP contribution in [0.3, 0.4) is 0 Å². The maximum absolute atomic E-state index is 5.79. The molecule has 0 aliphatic rings. The summed E-state index contributed by atoms with van der Waals surface area (Å²) in [6.45, 7) is 6.05. The zero-order chi connectivity index (χ0) is 12.4. The molecule has 0 spiro atoms. The Morgan fingerprint density at radius 1 is 1.18 bits per heavy atom. The first-order valence-corrected chi connectivity index (χ1v) is 5.63. The molecular formula is C13H16N4. The molecule has 2 rings (SSSR count). The molecule has 4 heteroatoms. The monoisotopic (exact) mass is 228 g/mol. The molecule has 0 aliphatic carbocycles. The van der Waals surface area contributed by atoms with Crippen molar-refractivity contribution < 1.29 is 0 Å². The van der Waals surface area contributed by atoms with Gasteiger partial charge in [0.25, 0.3) is 0 Å². The van der Waals surface area contributed by atoms with Gasteiger partial charge in [-0.05, 0) is 19.1 Å². The van der Waals surface area contributed by atoms with Crippen LogP contribution >= 0.6 is 0 Å². The molecule has 0 radical (unpaired) electrons. The summed E-state index contributed by atoms with van der Waals surface area (Å²) in [6.07, 6.45) is 1.81. The number of nitrogens with two attached hydrogens (primary N) is 1. The number of anilines is 1. The van der Waals surface area contributed by atoms with Gasteiger partial charge in [-0.1, -0.05) is 13.8 Å². The van der Waals surface area contributed by atoms with Crippen LogP contribution in [-0.4, -0.2) is 15.0 Å². The summed E-state index contributed by atoms with van der Waals surface area (Å²) in [7, 11) is 0. The van der Waals surface area contributed by atoms with Gasteiger partial charge in [-0.3, -0.25) is 4.98 Å². The highest BCUT2D eigenvalue weighted by Gasteiger charge is 2.08. The minimum Gasteiger partial charge on any atom is -0.384 e. The van der Waals surface area contributed by atoms with Crippen molar-refractivity contribution in [3.05, 3.63) is 35.9 Å². The number of aromatic nitrogens is 3. The van der Waals surface area contributed by atoms with E-state index in [4.69, 9.17) is 5.73 Å². The molecule has 0 aliphatic heterocycles. The summed E-state index contributed by atoms with van der Waals surface area (Å²) in [5.74, 6) is 1.52. The summed E-state index contributed by atoms with van der Waals surface area (Å²) >= 11 is 0. The average molecular weight is 228 g/mol. The lowest BCUT2D eigenvalue weighted by molar-refractivity contribution is 0.778. The molecular weight excluding hydrogens is 212 g/mol. The zero-order valence-corrected chi connectivity index (χ0v) is 10.3. The van der Waals surface area contributed by atoms with Crippen LogP contribution in [0.1, 0.15) is 31.3 Å². The van der Waals surface area contributed by atoms with Crippen molar-refractivity contribution in [1.29, 1.82) is 0 Å². The summed E-state index contributed by atoms with van der Waals surface area (Å²) < 4.78 is 0. The van der Waals surface area contributed by atoms with Gasteiger partial charge in [-0.2, -0.15) is 0 Å². The number of hydrogen-bond donors (Lipinski definition) is 1. The standard InChI is InChI=1S/C13H16N4/c1-8(2)13-16-11(6-12(14)17-13)10-5-4-9(3)15-7-10/h4-8H,1-3H3,(H2,14,16,17). The number of rotatable bonds is 2. The summed E-state index contributed by atoms with van der Waals surface area (Å²) in [5, 5.41) is 0. The minimum absolute atomic E-state index is 0.260. The number of nitrogens with zero attached hydrogens (tertiary/aromatic N) is 3. The molecule has 4 nitrogen and oxygen atoms in total. The van der Waals surface area contributed by atoms with E-state index in [1.807, 2.05) is 32.9 Å². The normalized spacial score (nSPS) is 10.8. The number of hydrogen-bond acceptors (Lipinski definition) is 4. The fraction of sp³-hybridized carbons (Fsp3) is 0.308. The molecule has 2 aromatic heterocycles. The predicted molar refractivity (Wildman–Crippen MR) is 68.5 cm³/mol. The van der Waals surface area contributed by atoms with Crippen molar-refractivity contribution in [1.82, 2.24) is 15.0 Å². The predicted octanol–water partition coefficient (Wildman–Crippen LogP) is 2.55. The van der Waals surface area contributed by atoms with E-state index in [1.54, 1.807) is 12.3 Å². The van der Waals surface area contributed by atoms with Gasteiger partial charge >= 0.3 is 0 Å². The van der Waals surface area contributed by atoms with Gasteiger partial charge in [-0.15, -0.1) is 0 Å². The highest BCUT2D eigenvalue weighted by molar-refractivity contribution is 5.60. The van der Waals surface area contributed by atoms with Crippen LogP contribution in [0.2, 0.25) is 0 Å². The quantitative estimate of drug-likeness (QED) is 0.857. The first-order chi connectivity index (χ1) is 8.06. The Bertz CT molecular complexity index is 517. The van der Waals surface area contributed by atoms with E-state index in [0.29, 0.717) is 5.82 Å². The SMILES string of the molecule is Cc1ccc(-c2cc(N)nc(C(C)C)n2)cn1. The first-order valence-electron chi connectivity index (χ1n) is 5.63. The molecule has 2 aromatic rings. The maximum atomic E-state index is 5.79. The highest BCUT2D eigenvalue weighted by Crippen LogP contribution is 2.20. The Labute approximate surface area is 101 Å². The smallest absolute Gasteiger partial charge is 0.133 e. The Hall–Kier alpha value is -1.97. The van der Waals surface area contributed by atoms with Crippen LogP contribution < -0.4 is 5.73 Å². The third-order valence-electron chi connectivity index (χ3n) is 2.49. The van der Waals surface area contributed by atoms with Gasteiger partial charge in [0, 0.05) is 29.4 Å². The largest absolute Gasteiger partial charge is 0.384 e. The Morgan fingerprint density at radius 2 is 1.94 bits per heavy atom. The van der Waals surface area contributed by atoms with Gasteiger partial charge in [0.05, 0.1) is 5.69 Å². The molecule has 17 heavy (non-hydrogen) atoms. The molecule has 88 valence electrons. The van der Waals surface area contributed by atoms with Gasteiger partial charge in [-0.25, -0.2) is 9.97 Å². The number of nitrogen functional groups attached to an aromatic ring is 1. The second kappa shape index (κ2) is 4.49. The van der Waals surface area contributed by atoms with Gasteiger partial charge in [0.1, 0.15) is 11.6 Å². The van der Waals surface area contributed by atoms with Crippen LogP contribution in [0.25, 0.3) is 11.3 Å². The lowest BCUT2D eigenvalue weighted by Crippen LogP contribution is -2.03. The molecule has 2 N–H and O–H groups in total. The Balaban J connectivity index is 2.48. The number of aryl methyl sites for hydroxylation is 1. The van der Waals surface area contributed by atoms with Gasteiger partial charge < -0.3 is 5.73 Å². The topological polar surface area (TPSA) is 64.7 Å². The van der Waals surface area contributed by atoms with E-state index in [0.717, 1.165) is 22.8 Å². The second-order valence-corrected chi connectivity index (χ2v) is 4.38. The molecule has 0 saturated carbocycles. The molecule has 2 heterocycles. The van der Waals surface area contributed by atoms with E-state index in [-0.39, 0.29) is 5.92 Å². The van der Waals surface area contributed by atoms with Crippen LogP contribution in [0.5, 0.6) is 0 Å². The fourth-order valence-corrected chi connectivity index (χ4v) is 1.51. The summed E-state index contributed by atoms with van der Waals surface area (Å²) in [6, 6.07) is 5.73. The first kappa shape index (κ1) is 11.5. The van der Waals surface area contributed by atoms with E-state index < -0.39 is 0 Å². The fourth-order valence-electron chi connectivity index (χ4n) is 1.51. The van der Waals surface area contributed by atoms with E-state index in [1.165, 1.54) is 0 Å². The third-order valence-corrected chi connectivity index (χ3v) is 2.49. The van der Waals surface area contributed by atoms with Crippen LogP contribution in [0, 0.1) is 6.92 Å². The highest BCUT2D eigenvalue weighted by atomic mass is 14.9. The molecule has 0 atom stereocenters. The number of pyridine rings is 1. The van der Waals surface area contributed by atoms with Crippen molar-refractivity contribution in [2.75, 3.05) is 5.73 Å². The van der Waals surface area contributed by atoms with Gasteiger partial charge in [0.15, 0.2) is 0 Å². The van der Waals surface area contributed by atoms with E-state index in [9.17, 15) is 0 Å². The van der Waals surface area contributed by atoms with E-state index >= 15 is 0 Å². The molecule has 0 saturated heterocycles. The van der Waals surface area contributed by atoms with Crippen LogP contribution in [0.4, 0.5) is 5.82 Å². The maximum Gasteiger partial charge on any atom is 0.133 e. The molecule has 0 amide bonds. The summed E-state index contributed by atoms with van der Waals surface area (Å²) in [4.78, 5) is 13.0. The third kappa shape index (κ3) is 2.58. The van der Waals surface area contributed by atoms with Crippen molar-refractivity contribution in [2.24, 2.45) is 0 Å². The zero-order valence-electron chi connectivity index (χ0n) is 10.3. The average Bonchev–Trinajstić information content (AvgIpc) is 2.29. The molecule has 0 aromatic carbocycles. The Kier molecular flexibility index (Phi) is 3.04. The minimum atomic E-state index is 0.260. The molecule has 0 unspecified atom stereocenters. The molecule has 0 bridgehead atoms. The van der Waals surface area contributed by atoms with Crippen molar-refractivity contribution >= 4 is 5.82 Å². The lowest BCUT2D eigenvalue weighted by Gasteiger charge is -2.08. The second-order valence-electron chi connectivity index (χ2n) is 4.38. The van der Waals surface area contributed by atoms with Crippen molar-refractivity contribution in [3.63, 3.8) is 0 Å². The van der Waals surface area contributed by atoms with Crippen LogP contribution in [0.15, 0.2) is 24.4 Å². The van der Waals surface area contributed by atoms with Crippen LogP contribution in [-0.2, 0) is 0 Å².